The number of aromatic nitrogens is 2. The van der Waals surface area contributed by atoms with Crippen LogP contribution in [-0.4, -0.2) is 69.8 Å². The zero-order chi connectivity index (χ0) is 17.1. The number of amides is 1. The average molecular weight is 332 g/mol. The van der Waals surface area contributed by atoms with Crippen LogP contribution in [-0.2, 0) is 6.42 Å². The zero-order valence-electron chi connectivity index (χ0n) is 14.2. The van der Waals surface area contributed by atoms with Gasteiger partial charge in [-0.3, -0.25) is 9.69 Å². The number of nitrogens with zero attached hydrogens (tertiary/aromatic N) is 4. The molecule has 0 spiro atoms. The Bertz CT molecular complexity index is 705. The molecule has 2 aromatic heterocycles. The van der Waals surface area contributed by atoms with E-state index < -0.39 is 0 Å². The van der Waals surface area contributed by atoms with Gasteiger partial charge in [0.2, 0.25) is 0 Å². The van der Waals surface area contributed by atoms with Gasteiger partial charge in [0.25, 0.3) is 11.6 Å². The lowest BCUT2D eigenvalue weighted by Crippen LogP contribution is -2.50. The summed E-state index contributed by atoms with van der Waals surface area (Å²) in [4.78, 5) is 21.0. The predicted molar refractivity (Wildman–Crippen MR) is 89.8 cm³/mol. The largest absolute Gasteiger partial charge is 0.392 e. The third kappa shape index (κ3) is 3.57. The van der Waals surface area contributed by atoms with Crippen molar-refractivity contribution in [3.8, 4) is 0 Å². The van der Waals surface area contributed by atoms with Crippen LogP contribution in [0.1, 0.15) is 36.3 Å². The predicted octanol–water partition coefficient (Wildman–Crippen LogP) is 1.31. The highest BCUT2D eigenvalue weighted by Gasteiger charge is 2.23. The van der Waals surface area contributed by atoms with Crippen molar-refractivity contribution >= 4 is 17.0 Å². The third-order valence-electron chi connectivity index (χ3n) is 4.32. The summed E-state index contributed by atoms with van der Waals surface area (Å²) in [5.74, 6) is -0.00949. The molecule has 3 heterocycles. The first-order valence-electron chi connectivity index (χ1n) is 8.52. The van der Waals surface area contributed by atoms with E-state index in [1.165, 1.54) is 0 Å². The molecule has 1 aliphatic heterocycles. The number of carbonyl (C=O) groups excluding carboxylic acids is 1. The first-order chi connectivity index (χ1) is 11.6. The van der Waals surface area contributed by atoms with Gasteiger partial charge in [0.05, 0.1) is 22.7 Å². The van der Waals surface area contributed by atoms with E-state index in [9.17, 15) is 9.90 Å². The summed E-state index contributed by atoms with van der Waals surface area (Å²) in [6, 6.07) is 1.84. The highest BCUT2D eigenvalue weighted by Crippen LogP contribution is 2.20. The summed E-state index contributed by atoms with van der Waals surface area (Å²) < 4.78 is 5.22. The van der Waals surface area contributed by atoms with Gasteiger partial charge in [-0.1, -0.05) is 18.5 Å². The number of fused-ring (bicyclic) bond motifs is 1. The van der Waals surface area contributed by atoms with E-state index in [-0.39, 0.29) is 12.0 Å². The molecule has 2 aromatic rings. The molecule has 7 nitrogen and oxygen atoms in total. The van der Waals surface area contributed by atoms with Gasteiger partial charge in [0.1, 0.15) is 0 Å². The molecule has 130 valence electrons. The SMILES string of the molecule is CCCc1noc2ncc(C(=O)N3CCN(CC(C)O)CC3)cc12. The van der Waals surface area contributed by atoms with E-state index in [0.29, 0.717) is 30.9 Å². The lowest BCUT2D eigenvalue weighted by molar-refractivity contribution is 0.0554. The number of aliphatic hydroxyl groups is 1. The van der Waals surface area contributed by atoms with Crippen LogP contribution in [0.5, 0.6) is 0 Å². The monoisotopic (exact) mass is 332 g/mol. The topological polar surface area (TPSA) is 82.7 Å². The van der Waals surface area contributed by atoms with Gasteiger partial charge in [-0.05, 0) is 19.4 Å². The first kappa shape index (κ1) is 16.9. The van der Waals surface area contributed by atoms with Gasteiger partial charge in [-0.2, -0.15) is 0 Å². The van der Waals surface area contributed by atoms with E-state index in [4.69, 9.17) is 4.52 Å². The Labute approximate surface area is 141 Å². The summed E-state index contributed by atoms with van der Waals surface area (Å²) in [6.45, 7) is 7.39. The highest BCUT2D eigenvalue weighted by atomic mass is 16.5. The second-order valence-corrected chi connectivity index (χ2v) is 6.40. The molecule has 0 aliphatic carbocycles. The maximum Gasteiger partial charge on any atom is 0.257 e. The molecule has 1 aliphatic rings. The van der Waals surface area contributed by atoms with Gasteiger partial charge in [0.15, 0.2) is 0 Å². The molecule has 1 N–H and O–H groups in total. The number of β-amino-alcohol motifs (C(OH)–C–C–N with tert-alkyl or cyclic N) is 1. The van der Waals surface area contributed by atoms with Crippen molar-refractivity contribution in [2.75, 3.05) is 32.7 Å². The molecule has 0 saturated carbocycles. The number of hydrogen-bond acceptors (Lipinski definition) is 6. The van der Waals surface area contributed by atoms with Crippen LogP contribution in [0.25, 0.3) is 11.1 Å². The van der Waals surface area contributed by atoms with E-state index >= 15 is 0 Å². The third-order valence-corrected chi connectivity index (χ3v) is 4.32. The van der Waals surface area contributed by atoms with Crippen LogP contribution in [0.2, 0.25) is 0 Å². The van der Waals surface area contributed by atoms with Crippen molar-refractivity contribution in [3.05, 3.63) is 23.5 Å². The molecule has 1 unspecified atom stereocenters. The smallest absolute Gasteiger partial charge is 0.257 e. The number of aliphatic hydroxyl groups excluding tert-OH is 1. The van der Waals surface area contributed by atoms with Crippen molar-refractivity contribution in [3.63, 3.8) is 0 Å². The fourth-order valence-electron chi connectivity index (χ4n) is 3.10. The molecular formula is C17H24N4O3. The van der Waals surface area contributed by atoms with Gasteiger partial charge >= 0.3 is 0 Å². The summed E-state index contributed by atoms with van der Waals surface area (Å²) in [5.41, 5.74) is 1.92. The first-order valence-corrected chi connectivity index (χ1v) is 8.52. The minimum absolute atomic E-state index is 0.00949. The molecule has 0 radical (unpaired) electrons. The van der Waals surface area contributed by atoms with Crippen LogP contribution in [0.15, 0.2) is 16.8 Å². The van der Waals surface area contributed by atoms with Gasteiger partial charge in [-0.25, -0.2) is 4.98 Å². The zero-order valence-corrected chi connectivity index (χ0v) is 14.2. The van der Waals surface area contributed by atoms with Crippen LogP contribution >= 0.6 is 0 Å². The number of hydrogen-bond donors (Lipinski definition) is 1. The molecule has 24 heavy (non-hydrogen) atoms. The Morgan fingerprint density at radius 1 is 1.38 bits per heavy atom. The van der Waals surface area contributed by atoms with E-state index in [0.717, 1.165) is 37.0 Å². The van der Waals surface area contributed by atoms with Crippen LogP contribution < -0.4 is 0 Å². The highest BCUT2D eigenvalue weighted by molar-refractivity contribution is 5.97. The van der Waals surface area contributed by atoms with E-state index in [1.807, 2.05) is 11.0 Å². The molecule has 1 atom stereocenters. The minimum Gasteiger partial charge on any atom is -0.392 e. The van der Waals surface area contributed by atoms with Crippen molar-refractivity contribution in [2.24, 2.45) is 0 Å². The minimum atomic E-state index is -0.343. The van der Waals surface area contributed by atoms with Crippen molar-refractivity contribution in [1.82, 2.24) is 19.9 Å². The normalized spacial score (nSPS) is 17.4. The molecule has 7 heteroatoms. The second-order valence-electron chi connectivity index (χ2n) is 6.40. The number of carbonyl (C=O) groups is 1. The second kappa shape index (κ2) is 7.27. The van der Waals surface area contributed by atoms with Crippen molar-refractivity contribution < 1.29 is 14.4 Å². The Balaban J connectivity index is 1.71. The Kier molecular flexibility index (Phi) is 5.11. The van der Waals surface area contributed by atoms with Crippen molar-refractivity contribution in [2.45, 2.75) is 32.8 Å². The molecule has 1 amide bonds. The maximum absolute atomic E-state index is 12.7. The number of pyridine rings is 1. The lowest BCUT2D eigenvalue weighted by Gasteiger charge is -2.35. The standard InChI is InChI=1S/C17H24N4O3/c1-3-4-15-14-9-13(10-18-16(14)24-19-15)17(23)21-7-5-20(6-8-21)11-12(2)22/h9-10,12,22H,3-8,11H2,1-2H3. The summed E-state index contributed by atoms with van der Waals surface area (Å²) in [7, 11) is 0. The number of aryl methyl sites for hydroxylation is 1. The van der Waals surface area contributed by atoms with Gasteiger partial charge in [-0.15, -0.1) is 0 Å². The quantitative estimate of drug-likeness (QED) is 0.889. The average Bonchev–Trinajstić information content (AvgIpc) is 2.97. The lowest BCUT2D eigenvalue weighted by atomic mass is 10.1. The molecule has 0 bridgehead atoms. The van der Waals surface area contributed by atoms with E-state index in [2.05, 4.69) is 22.0 Å². The molecular weight excluding hydrogens is 308 g/mol. The van der Waals surface area contributed by atoms with Crippen LogP contribution in [0, 0.1) is 0 Å². The van der Waals surface area contributed by atoms with Gasteiger partial charge < -0.3 is 14.5 Å². The molecule has 1 fully saturated rings. The summed E-state index contributed by atoms with van der Waals surface area (Å²) in [6.07, 6.45) is 2.99. The van der Waals surface area contributed by atoms with Crippen LogP contribution in [0.3, 0.4) is 0 Å². The Hall–Kier alpha value is -1.99. The van der Waals surface area contributed by atoms with Crippen molar-refractivity contribution in [1.29, 1.82) is 0 Å². The fourth-order valence-corrected chi connectivity index (χ4v) is 3.10. The summed E-state index contributed by atoms with van der Waals surface area (Å²) in [5, 5.41) is 14.3. The molecule has 0 aromatic carbocycles. The maximum atomic E-state index is 12.7. The number of piperazine rings is 1. The Morgan fingerprint density at radius 3 is 2.79 bits per heavy atom. The molecule has 3 rings (SSSR count). The number of rotatable bonds is 5. The van der Waals surface area contributed by atoms with Gasteiger partial charge in [0, 0.05) is 38.9 Å². The van der Waals surface area contributed by atoms with E-state index in [1.54, 1.807) is 13.1 Å². The molecule has 1 saturated heterocycles. The Morgan fingerprint density at radius 2 is 2.12 bits per heavy atom. The summed E-state index contributed by atoms with van der Waals surface area (Å²) >= 11 is 0. The van der Waals surface area contributed by atoms with Crippen LogP contribution in [0.4, 0.5) is 0 Å². The fraction of sp³-hybridized carbons (Fsp3) is 0.588.